The number of halogens is 1. The minimum absolute atomic E-state index is 0.211. The summed E-state index contributed by atoms with van der Waals surface area (Å²) in [4.78, 5) is 0. The summed E-state index contributed by atoms with van der Waals surface area (Å²) in [6.45, 7) is 3.41. The van der Waals surface area contributed by atoms with Crippen molar-refractivity contribution >= 4 is 11.4 Å². The Labute approximate surface area is 64.3 Å². The molecule has 3 heteroatoms. The standard InChI is InChI=1S/C8H9FN2/c1-5(10)7-3-2-6(11)4-8(7)9/h2-4H,1,10-11H2. The number of nitrogens with two attached hydrogens (primary N) is 2. The summed E-state index contributed by atoms with van der Waals surface area (Å²) < 4.78 is 12.9. The second-order valence-electron chi connectivity index (χ2n) is 2.26. The third-order valence-electron chi connectivity index (χ3n) is 1.34. The van der Waals surface area contributed by atoms with Gasteiger partial charge >= 0.3 is 0 Å². The number of benzene rings is 1. The molecule has 0 saturated heterocycles. The first-order valence-corrected chi connectivity index (χ1v) is 3.11. The van der Waals surface area contributed by atoms with E-state index in [4.69, 9.17) is 11.5 Å². The van der Waals surface area contributed by atoms with Crippen molar-refractivity contribution in [3.8, 4) is 0 Å². The zero-order valence-corrected chi connectivity index (χ0v) is 5.97. The highest BCUT2D eigenvalue weighted by atomic mass is 19.1. The molecule has 0 heterocycles. The van der Waals surface area contributed by atoms with Gasteiger partial charge in [-0.15, -0.1) is 0 Å². The molecule has 0 aliphatic rings. The zero-order chi connectivity index (χ0) is 8.43. The molecular formula is C8H9FN2. The molecule has 0 aliphatic carbocycles. The molecule has 0 atom stereocenters. The molecule has 4 N–H and O–H groups in total. The Balaban J connectivity index is 3.20. The second-order valence-corrected chi connectivity index (χ2v) is 2.26. The Kier molecular flexibility index (Phi) is 1.81. The van der Waals surface area contributed by atoms with Crippen LogP contribution in [0.5, 0.6) is 0 Å². The van der Waals surface area contributed by atoms with Gasteiger partial charge < -0.3 is 11.5 Å². The van der Waals surface area contributed by atoms with Crippen molar-refractivity contribution < 1.29 is 4.39 Å². The molecule has 2 nitrogen and oxygen atoms in total. The highest BCUT2D eigenvalue weighted by Crippen LogP contribution is 2.15. The lowest BCUT2D eigenvalue weighted by Gasteiger charge is -2.01. The van der Waals surface area contributed by atoms with Gasteiger partial charge in [0.1, 0.15) is 5.82 Å². The highest BCUT2D eigenvalue weighted by Gasteiger charge is 2.01. The fourth-order valence-electron chi connectivity index (χ4n) is 0.792. The fraction of sp³-hybridized carbons (Fsp3) is 0. The molecule has 0 aliphatic heterocycles. The maximum atomic E-state index is 12.9. The topological polar surface area (TPSA) is 52.0 Å². The SMILES string of the molecule is C=C(N)c1ccc(N)cc1F. The molecule has 58 valence electrons. The van der Waals surface area contributed by atoms with Crippen molar-refractivity contribution in [3.05, 3.63) is 36.2 Å². The number of hydrogen-bond donors (Lipinski definition) is 2. The molecule has 0 bridgehead atoms. The van der Waals surface area contributed by atoms with Crippen molar-refractivity contribution in [1.82, 2.24) is 0 Å². The van der Waals surface area contributed by atoms with E-state index in [9.17, 15) is 4.39 Å². The van der Waals surface area contributed by atoms with Crippen LogP contribution in [0.3, 0.4) is 0 Å². The molecule has 0 radical (unpaired) electrons. The van der Waals surface area contributed by atoms with Gasteiger partial charge in [0.2, 0.25) is 0 Å². The van der Waals surface area contributed by atoms with Crippen molar-refractivity contribution in [2.24, 2.45) is 5.73 Å². The summed E-state index contributed by atoms with van der Waals surface area (Å²) in [7, 11) is 0. The van der Waals surface area contributed by atoms with Crippen LogP contribution >= 0.6 is 0 Å². The Hall–Kier alpha value is -1.51. The van der Waals surface area contributed by atoms with Crippen LogP contribution < -0.4 is 11.5 Å². The normalized spacial score (nSPS) is 9.55. The first-order valence-electron chi connectivity index (χ1n) is 3.11. The van der Waals surface area contributed by atoms with Gasteiger partial charge in [-0.25, -0.2) is 4.39 Å². The van der Waals surface area contributed by atoms with E-state index in [0.717, 1.165) is 0 Å². The quantitative estimate of drug-likeness (QED) is 0.596. The Morgan fingerprint density at radius 2 is 2.09 bits per heavy atom. The summed E-state index contributed by atoms with van der Waals surface area (Å²) in [5, 5.41) is 0. The van der Waals surface area contributed by atoms with E-state index in [1.165, 1.54) is 12.1 Å². The molecule has 0 aromatic heterocycles. The number of rotatable bonds is 1. The van der Waals surface area contributed by atoms with Crippen LogP contribution in [0.1, 0.15) is 5.56 Å². The van der Waals surface area contributed by atoms with Crippen molar-refractivity contribution in [3.63, 3.8) is 0 Å². The minimum atomic E-state index is -0.433. The summed E-state index contributed by atoms with van der Waals surface area (Å²) >= 11 is 0. The van der Waals surface area contributed by atoms with Crippen LogP contribution in [-0.4, -0.2) is 0 Å². The van der Waals surface area contributed by atoms with E-state index in [1.54, 1.807) is 6.07 Å². The van der Waals surface area contributed by atoms with Gasteiger partial charge in [0.05, 0.1) is 0 Å². The van der Waals surface area contributed by atoms with Crippen molar-refractivity contribution in [2.75, 3.05) is 5.73 Å². The predicted octanol–water partition coefficient (Wildman–Crippen LogP) is 1.34. The summed E-state index contributed by atoms with van der Waals surface area (Å²) in [5.41, 5.74) is 11.5. The monoisotopic (exact) mass is 152 g/mol. The van der Waals surface area contributed by atoms with Crippen LogP contribution in [0.15, 0.2) is 24.8 Å². The molecule has 1 rings (SSSR count). The van der Waals surface area contributed by atoms with Gasteiger partial charge in [0.25, 0.3) is 0 Å². The first kappa shape index (κ1) is 7.60. The van der Waals surface area contributed by atoms with E-state index >= 15 is 0 Å². The molecule has 1 aromatic rings. The summed E-state index contributed by atoms with van der Waals surface area (Å²) in [6.07, 6.45) is 0. The van der Waals surface area contributed by atoms with Gasteiger partial charge in [0.15, 0.2) is 0 Å². The number of hydrogen-bond acceptors (Lipinski definition) is 2. The lowest BCUT2D eigenvalue weighted by Crippen LogP contribution is -1.98. The number of anilines is 1. The molecule has 0 amide bonds. The third-order valence-corrected chi connectivity index (χ3v) is 1.34. The predicted molar refractivity (Wildman–Crippen MR) is 44.0 cm³/mol. The Bertz CT molecular complexity index is 294. The average molecular weight is 152 g/mol. The Morgan fingerprint density at radius 3 is 2.55 bits per heavy atom. The van der Waals surface area contributed by atoms with Crippen LogP contribution in [-0.2, 0) is 0 Å². The Morgan fingerprint density at radius 1 is 1.45 bits per heavy atom. The van der Waals surface area contributed by atoms with Crippen LogP contribution in [0, 0.1) is 5.82 Å². The molecule has 11 heavy (non-hydrogen) atoms. The number of nitrogen functional groups attached to an aromatic ring is 1. The maximum Gasteiger partial charge on any atom is 0.134 e. The smallest absolute Gasteiger partial charge is 0.134 e. The summed E-state index contributed by atoms with van der Waals surface area (Å²) in [5.74, 6) is -0.433. The lowest BCUT2D eigenvalue weighted by atomic mass is 10.1. The van der Waals surface area contributed by atoms with Crippen LogP contribution in [0.4, 0.5) is 10.1 Å². The van der Waals surface area contributed by atoms with Gasteiger partial charge in [-0.3, -0.25) is 0 Å². The van der Waals surface area contributed by atoms with Gasteiger partial charge in [0, 0.05) is 16.9 Å². The zero-order valence-electron chi connectivity index (χ0n) is 5.97. The maximum absolute atomic E-state index is 12.9. The molecule has 0 saturated carbocycles. The minimum Gasteiger partial charge on any atom is -0.399 e. The lowest BCUT2D eigenvalue weighted by molar-refractivity contribution is 0.624. The largest absolute Gasteiger partial charge is 0.399 e. The average Bonchev–Trinajstić information content (AvgIpc) is 1.85. The van der Waals surface area contributed by atoms with E-state index in [-0.39, 0.29) is 5.70 Å². The van der Waals surface area contributed by atoms with E-state index in [1.807, 2.05) is 0 Å². The van der Waals surface area contributed by atoms with E-state index < -0.39 is 5.82 Å². The highest BCUT2D eigenvalue weighted by molar-refractivity contribution is 5.62. The third kappa shape index (κ3) is 1.49. The van der Waals surface area contributed by atoms with Crippen molar-refractivity contribution in [2.45, 2.75) is 0 Å². The van der Waals surface area contributed by atoms with Gasteiger partial charge in [-0.2, -0.15) is 0 Å². The molecule has 0 fully saturated rings. The molecule has 0 spiro atoms. The van der Waals surface area contributed by atoms with Crippen LogP contribution in [0.25, 0.3) is 5.70 Å². The molecular weight excluding hydrogens is 143 g/mol. The van der Waals surface area contributed by atoms with E-state index in [2.05, 4.69) is 6.58 Å². The fourth-order valence-corrected chi connectivity index (χ4v) is 0.792. The first-order chi connectivity index (χ1) is 5.11. The second kappa shape index (κ2) is 2.62. The van der Waals surface area contributed by atoms with Gasteiger partial charge in [-0.05, 0) is 18.2 Å². The molecule has 1 aromatic carbocycles. The van der Waals surface area contributed by atoms with Gasteiger partial charge in [-0.1, -0.05) is 6.58 Å². The summed E-state index contributed by atoms with van der Waals surface area (Å²) in [6, 6.07) is 4.30. The van der Waals surface area contributed by atoms with Crippen molar-refractivity contribution in [1.29, 1.82) is 0 Å². The van der Waals surface area contributed by atoms with E-state index in [0.29, 0.717) is 11.3 Å². The molecule has 0 unspecified atom stereocenters. The van der Waals surface area contributed by atoms with Crippen LogP contribution in [0.2, 0.25) is 0 Å².